The number of hydrogen-bond donors (Lipinski definition) is 0. The van der Waals surface area contributed by atoms with Crippen LogP contribution in [-0.4, -0.2) is 11.6 Å². The molecule has 5 rings (SSSR count). The molecule has 0 radical (unpaired) electrons. The molecule has 0 spiro atoms. The van der Waals surface area contributed by atoms with Crippen LogP contribution in [0.1, 0.15) is 17.8 Å². The average molecular weight is 501 g/mol. The van der Waals surface area contributed by atoms with Gasteiger partial charge >= 0.3 is 197 Å². The number of aromatic nitrogens is 1. The summed E-state index contributed by atoms with van der Waals surface area (Å²) in [6, 6.07) is 35.8. The monoisotopic (exact) mass is 500 g/mol. The van der Waals surface area contributed by atoms with Crippen molar-refractivity contribution in [3.63, 3.8) is 0 Å². The summed E-state index contributed by atoms with van der Waals surface area (Å²) in [4.78, 5) is 8.44. The van der Waals surface area contributed by atoms with Gasteiger partial charge in [-0.3, -0.25) is 0 Å². The molecule has 0 saturated heterocycles. The van der Waals surface area contributed by atoms with E-state index < -0.39 is 5.31 Å². The van der Waals surface area contributed by atoms with Crippen LogP contribution in [0.2, 0.25) is 0 Å². The zero-order valence-corrected chi connectivity index (χ0v) is 19.9. The van der Waals surface area contributed by atoms with E-state index in [1.54, 1.807) is 6.07 Å². The summed E-state index contributed by atoms with van der Waals surface area (Å²) in [6.45, 7) is 8.15. The molecular formula is C27H22BrN2OP. The van der Waals surface area contributed by atoms with Crippen molar-refractivity contribution in [3.05, 3.63) is 120 Å². The van der Waals surface area contributed by atoms with Crippen LogP contribution in [0.4, 0.5) is 5.82 Å². The van der Waals surface area contributed by atoms with E-state index in [1.165, 1.54) is 15.9 Å². The number of hydrogen-bond acceptors (Lipinski definition) is 2. The number of benzene rings is 3. The van der Waals surface area contributed by atoms with Gasteiger partial charge in [0, 0.05) is 0 Å². The van der Waals surface area contributed by atoms with Crippen molar-refractivity contribution in [1.29, 1.82) is 0 Å². The number of ether oxygens (including phenoxy) is 1. The van der Waals surface area contributed by atoms with Crippen LogP contribution < -0.4 is 20.7 Å². The first-order chi connectivity index (χ1) is 15.7. The number of pyridine rings is 1. The second-order valence-electron chi connectivity index (χ2n) is 7.90. The topological polar surface area (TPSA) is 26.5 Å². The van der Waals surface area contributed by atoms with Crippen molar-refractivity contribution in [2.45, 2.75) is 12.1 Å². The predicted molar refractivity (Wildman–Crippen MR) is 137 cm³/mol. The van der Waals surface area contributed by atoms with E-state index in [9.17, 15) is 0 Å². The van der Waals surface area contributed by atoms with Gasteiger partial charge in [0.25, 0.3) is 0 Å². The molecule has 0 N–H and O–H groups in total. The first-order valence-electron chi connectivity index (χ1n) is 10.6. The summed E-state index contributed by atoms with van der Waals surface area (Å²) in [7, 11) is 0. The van der Waals surface area contributed by atoms with Crippen LogP contribution in [0.5, 0.6) is 5.75 Å². The Labute approximate surface area is 196 Å². The third kappa shape index (κ3) is 3.00. The Morgan fingerprint density at radius 1 is 0.781 bits per heavy atom. The molecule has 0 aliphatic carbocycles. The summed E-state index contributed by atoms with van der Waals surface area (Å²) >= 11 is 4.55. The number of fused-ring (bicyclic) bond motifs is 1. The van der Waals surface area contributed by atoms with Gasteiger partial charge in [-0.25, -0.2) is 0 Å². The fraction of sp³-hybridized carbons (Fsp3) is 0.111. The van der Waals surface area contributed by atoms with Crippen LogP contribution in [0.3, 0.4) is 0 Å². The Morgan fingerprint density at radius 2 is 1.28 bits per heavy atom. The van der Waals surface area contributed by atoms with Crippen molar-refractivity contribution < 1.29 is 4.74 Å². The zero-order chi connectivity index (χ0) is 22.0. The average Bonchev–Trinajstić information content (AvgIpc) is 2.89. The van der Waals surface area contributed by atoms with E-state index in [1.807, 2.05) is 6.07 Å². The molecule has 1 unspecified atom stereocenters. The fourth-order valence-electron chi connectivity index (χ4n) is 4.91. The molecule has 1 aromatic heterocycles. The molecular weight excluding hydrogens is 479 g/mol. The van der Waals surface area contributed by atoms with Gasteiger partial charge in [0.05, 0.1) is 0 Å². The number of rotatable bonds is 4. The van der Waals surface area contributed by atoms with E-state index in [0.29, 0.717) is 12.4 Å². The summed E-state index contributed by atoms with van der Waals surface area (Å²) < 4.78 is 6.04. The van der Waals surface area contributed by atoms with E-state index in [2.05, 4.69) is 111 Å². The quantitative estimate of drug-likeness (QED) is 0.243. The van der Waals surface area contributed by atoms with Gasteiger partial charge in [0.15, 0.2) is 0 Å². The van der Waals surface area contributed by atoms with Crippen LogP contribution in [-0.2, 0) is 0 Å². The van der Waals surface area contributed by atoms with Crippen molar-refractivity contribution in [2.24, 2.45) is 0 Å². The third-order valence-electron chi connectivity index (χ3n) is 6.32. The maximum atomic E-state index is 7.54. The molecule has 0 bridgehead atoms. The molecule has 1 aliphatic rings. The van der Waals surface area contributed by atoms with Gasteiger partial charge in [-0.05, 0) is 0 Å². The first kappa shape index (κ1) is 20.9. The molecule has 2 heterocycles. The van der Waals surface area contributed by atoms with Crippen molar-refractivity contribution in [1.82, 2.24) is 4.98 Å². The standard InChI is InChI=1S/C27H22BrN2OP/c1-29-26-18-17-24-27(30-26)25(19-20-31-24)32(28,21-11-5-2-6-12-21,22-13-7-3-8-14-22)23-15-9-4-10-16-23/h2-18,25H,19-20H2. The second-order valence-corrected chi connectivity index (χ2v) is 16.6. The second kappa shape index (κ2) is 8.17. The summed E-state index contributed by atoms with van der Waals surface area (Å²) in [5.41, 5.74) is 0.870. The van der Waals surface area contributed by atoms with Gasteiger partial charge in [-0.2, -0.15) is 0 Å². The first-order valence-corrected chi connectivity index (χ1v) is 14.9. The molecule has 0 fully saturated rings. The Balaban J connectivity index is 1.95. The molecule has 0 amide bonds. The molecule has 0 saturated carbocycles. The van der Waals surface area contributed by atoms with Gasteiger partial charge < -0.3 is 0 Å². The van der Waals surface area contributed by atoms with Crippen LogP contribution in [0.15, 0.2) is 103 Å². The molecule has 3 nitrogen and oxygen atoms in total. The molecule has 32 heavy (non-hydrogen) atoms. The molecule has 4 aromatic rings. The molecule has 3 aromatic carbocycles. The van der Waals surface area contributed by atoms with Crippen molar-refractivity contribution in [2.75, 3.05) is 6.61 Å². The van der Waals surface area contributed by atoms with E-state index in [-0.39, 0.29) is 5.66 Å². The van der Waals surface area contributed by atoms with Gasteiger partial charge in [-0.15, -0.1) is 0 Å². The predicted octanol–water partition coefficient (Wildman–Crippen LogP) is 6.30. The molecule has 1 atom stereocenters. The summed E-state index contributed by atoms with van der Waals surface area (Å²) in [6.07, 6.45) is 0.795. The number of nitrogens with zero attached hydrogens (tertiary/aromatic N) is 2. The van der Waals surface area contributed by atoms with Crippen LogP contribution >= 0.6 is 20.8 Å². The van der Waals surface area contributed by atoms with E-state index in [4.69, 9.17) is 16.3 Å². The van der Waals surface area contributed by atoms with Crippen molar-refractivity contribution in [3.8, 4) is 5.75 Å². The Bertz CT molecular complexity index is 1190. The van der Waals surface area contributed by atoms with Gasteiger partial charge in [0.1, 0.15) is 0 Å². The third-order valence-corrected chi connectivity index (χ3v) is 17.1. The molecule has 1 aliphatic heterocycles. The van der Waals surface area contributed by atoms with Gasteiger partial charge in [0.2, 0.25) is 0 Å². The number of halogens is 1. The van der Waals surface area contributed by atoms with Crippen molar-refractivity contribution >= 4 is 42.5 Å². The molecule has 158 valence electrons. The minimum absolute atomic E-state index is 0.0126. The van der Waals surface area contributed by atoms with E-state index in [0.717, 1.165) is 17.9 Å². The Morgan fingerprint density at radius 3 is 1.75 bits per heavy atom. The minimum atomic E-state index is -3.27. The van der Waals surface area contributed by atoms with Crippen LogP contribution in [0, 0.1) is 6.57 Å². The SMILES string of the molecule is [C-]#[N+]c1ccc2c(n1)C(P(Br)(c1ccccc1)(c1ccccc1)c1ccccc1)CCO2. The summed E-state index contributed by atoms with van der Waals surface area (Å²) in [5.74, 6) is 1.16. The van der Waals surface area contributed by atoms with Crippen LogP contribution in [0.25, 0.3) is 4.85 Å². The summed E-state index contributed by atoms with van der Waals surface area (Å²) in [5, 5.41) is 0.449. The molecule has 5 heteroatoms. The van der Waals surface area contributed by atoms with Gasteiger partial charge in [-0.1, -0.05) is 0 Å². The Hall–Kier alpha value is -2.99. The Kier molecular flexibility index (Phi) is 5.33. The fourth-order valence-corrected chi connectivity index (χ4v) is 13.7. The maximum absolute atomic E-state index is 7.54. The van der Waals surface area contributed by atoms with E-state index >= 15 is 0 Å². The zero-order valence-electron chi connectivity index (χ0n) is 17.4. The normalized spacial score (nSPS) is 16.6.